The predicted octanol–water partition coefficient (Wildman–Crippen LogP) is 5.84. The lowest BCUT2D eigenvalue weighted by Crippen LogP contribution is -2.37. The Hall–Kier alpha value is -3.62. The number of carbonyl (C=O) groups excluding carboxylic acids is 1. The molecule has 10 heteroatoms. The maximum atomic E-state index is 12.7. The van der Waals surface area contributed by atoms with E-state index in [0.717, 1.165) is 12.0 Å². The molecule has 0 spiro atoms. The molecule has 1 atom stereocenters. The Labute approximate surface area is 226 Å². The standard InChI is InChI=1S/C27H29Cl2N7O/c1-18(2)12-23(16-31-26(37)20-6-8-21(28)9-7-20)33-24-14-25(36-11-10-30-17-36)35-27(34-24)32-15-19-4-3-5-22(29)13-19/h3-11,13-14,17-18,23H,12,15-16H2,1-2H3,(H,31,37)(H2,32,33,34,35). The molecule has 0 aliphatic heterocycles. The van der Waals surface area contributed by atoms with Crippen LogP contribution < -0.4 is 16.0 Å². The normalized spacial score (nSPS) is 11.8. The maximum absolute atomic E-state index is 12.7. The monoisotopic (exact) mass is 537 g/mol. The third-order valence-corrected chi connectivity index (χ3v) is 6.03. The number of nitrogens with zero attached hydrogens (tertiary/aromatic N) is 4. The molecule has 1 amide bonds. The van der Waals surface area contributed by atoms with E-state index in [1.54, 1.807) is 36.8 Å². The average molecular weight is 538 g/mol. The molecule has 0 saturated carbocycles. The van der Waals surface area contributed by atoms with Crippen LogP contribution in [0.2, 0.25) is 10.0 Å². The summed E-state index contributed by atoms with van der Waals surface area (Å²) in [5, 5.41) is 11.1. The smallest absolute Gasteiger partial charge is 0.251 e. The van der Waals surface area contributed by atoms with Crippen molar-refractivity contribution in [1.82, 2.24) is 24.8 Å². The summed E-state index contributed by atoms with van der Waals surface area (Å²) < 4.78 is 1.82. The largest absolute Gasteiger partial charge is 0.365 e. The number of anilines is 2. The zero-order valence-electron chi connectivity index (χ0n) is 20.7. The molecular weight excluding hydrogens is 509 g/mol. The van der Waals surface area contributed by atoms with Crippen molar-refractivity contribution < 1.29 is 4.79 Å². The summed E-state index contributed by atoms with van der Waals surface area (Å²) >= 11 is 12.1. The third kappa shape index (κ3) is 7.93. The van der Waals surface area contributed by atoms with Crippen LogP contribution in [0.15, 0.2) is 73.3 Å². The number of rotatable bonds is 11. The number of benzene rings is 2. The molecule has 1 unspecified atom stereocenters. The highest BCUT2D eigenvalue weighted by molar-refractivity contribution is 6.30. The van der Waals surface area contributed by atoms with Crippen LogP contribution in [0.25, 0.3) is 5.82 Å². The molecule has 0 aliphatic rings. The van der Waals surface area contributed by atoms with Crippen LogP contribution in [0, 0.1) is 5.92 Å². The summed E-state index contributed by atoms with van der Waals surface area (Å²) in [6.45, 7) is 5.23. The molecule has 192 valence electrons. The van der Waals surface area contributed by atoms with Gasteiger partial charge in [-0.15, -0.1) is 0 Å². The van der Waals surface area contributed by atoms with Crippen molar-refractivity contribution in [3.8, 4) is 5.82 Å². The van der Waals surface area contributed by atoms with Crippen LogP contribution in [0.1, 0.15) is 36.2 Å². The van der Waals surface area contributed by atoms with E-state index in [1.807, 2.05) is 41.1 Å². The topological polar surface area (TPSA) is 96.8 Å². The van der Waals surface area contributed by atoms with Crippen LogP contribution in [0.4, 0.5) is 11.8 Å². The van der Waals surface area contributed by atoms with Crippen LogP contribution >= 0.6 is 23.2 Å². The van der Waals surface area contributed by atoms with Gasteiger partial charge in [0.25, 0.3) is 5.91 Å². The SMILES string of the molecule is CC(C)CC(CNC(=O)c1ccc(Cl)cc1)Nc1cc(-n2ccnc2)nc(NCc2cccc(Cl)c2)n1. The molecule has 0 radical (unpaired) electrons. The zero-order valence-corrected chi connectivity index (χ0v) is 22.2. The number of nitrogens with one attached hydrogen (secondary N) is 3. The Morgan fingerprint density at radius 2 is 1.84 bits per heavy atom. The van der Waals surface area contributed by atoms with Gasteiger partial charge in [-0.1, -0.05) is 49.2 Å². The second-order valence-electron chi connectivity index (χ2n) is 9.08. The summed E-state index contributed by atoms with van der Waals surface area (Å²) in [6, 6.07) is 16.3. The van der Waals surface area contributed by atoms with Crippen LogP contribution in [-0.2, 0) is 6.54 Å². The van der Waals surface area contributed by atoms with Crippen molar-refractivity contribution in [2.75, 3.05) is 17.2 Å². The highest BCUT2D eigenvalue weighted by Crippen LogP contribution is 2.18. The summed E-state index contributed by atoms with van der Waals surface area (Å²) in [6.07, 6.45) is 6.04. The van der Waals surface area contributed by atoms with Crippen molar-refractivity contribution >= 4 is 40.9 Å². The minimum absolute atomic E-state index is 0.0532. The predicted molar refractivity (Wildman–Crippen MR) is 149 cm³/mol. The lowest BCUT2D eigenvalue weighted by atomic mass is 10.0. The summed E-state index contributed by atoms with van der Waals surface area (Å²) in [4.78, 5) is 26.1. The zero-order chi connectivity index (χ0) is 26.2. The van der Waals surface area contributed by atoms with Gasteiger partial charge in [0.2, 0.25) is 5.95 Å². The van der Waals surface area contributed by atoms with E-state index in [4.69, 9.17) is 28.2 Å². The van der Waals surface area contributed by atoms with Crippen molar-refractivity contribution in [2.24, 2.45) is 5.92 Å². The van der Waals surface area contributed by atoms with Crippen LogP contribution in [0.5, 0.6) is 0 Å². The first-order valence-electron chi connectivity index (χ1n) is 12.0. The third-order valence-electron chi connectivity index (χ3n) is 5.54. The highest BCUT2D eigenvalue weighted by Gasteiger charge is 2.16. The molecule has 8 nitrogen and oxygen atoms in total. The van der Waals surface area contributed by atoms with Crippen LogP contribution in [0.3, 0.4) is 0 Å². The van der Waals surface area contributed by atoms with Gasteiger partial charge in [0, 0.05) is 53.2 Å². The molecule has 2 aromatic heterocycles. The first-order valence-corrected chi connectivity index (χ1v) is 12.8. The second kappa shape index (κ2) is 12.6. The number of hydrogen-bond acceptors (Lipinski definition) is 6. The molecule has 37 heavy (non-hydrogen) atoms. The molecule has 0 aliphatic carbocycles. The summed E-state index contributed by atoms with van der Waals surface area (Å²) in [7, 11) is 0. The van der Waals surface area contributed by atoms with Gasteiger partial charge >= 0.3 is 0 Å². The molecule has 3 N–H and O–H groups in total. The molecule has 2 aromatic carbocycles. The molecule has 4 aromatic rings. The molecule has 0 fully saturated rings. The van der Waals surface area contributed by atoms with Gasteiger partial charge in [-0.3, -0.25) is 9.36 Å². The fraction of sp³-hybridized carbons (Fsp3) is 0.259. The van der Waals surface area contributed by atoms with E-state index in [2.05, 4.69) is 39.8 Å². The van der Waals surface area contributed by atoms with Gasteiger partial charge in [-0.25, -0.2) is 4.98 Å². The van der Waals surface area contributed by atoms with Crippen molar-refractivity contribution in [1.29, 1.82) is 0 Å². The Morgan fingerprint density at radius 3 is 2.54 bits per heavy atom. The average Bonchev–Trinajstić information content (AvgIpc) is 3.41. The molecule has 0 saturated heterocycles. The number of amides is 1. The van der Waals surface area contributed by atoms with Crippen molar-refractivity contribution in [2.45, 2.75) is 32.9 Å². The summed E-state index contributed by atoms with van der Waals surface area (Å²) in [5.41, 5.74) is 1.57. The van der Waals surface area contributed by atoms with E-state index in [1.165, 1.54) is 0 Å². The fourth-order valence-electron chi connectivity index (χ4n) is 3.83. The molecule has 4 rings (SSSR count). The van der Waals surface area contributed by atoms with Gasteiger partial charge < -0.3 is 16.0 Å². The fourth-order valence-corrected chi connectivity index (χ4v) is 4.17. The number of hydrogen-bond donors (Lipinski definition) is 3. The number of carbonyl (C=O) groups is 1. The first-order chi connectivity index (χ1) is 17.9. The van der Waals surface area contributed by atoms with Crippen molar-refractivity contribution in [3.05, 3.63) is 94.5 Å². The number of imidazole rings is 1. The van der Waals surface area contributed by atoms with E-state index in [-0.39, 0.29) is 11.9 Å². The molecule has 2 heterocycles. The van der Waals surface area contributed by atoms with Gasteiger partial charge in [0.15, 0.2) is 0 Å². The number of aromatic nitrogens is 4. The first kappa shape index (κ1) is 26.4. The Morgan fingerprint density at radius 1 is 1.03 bits per heavy atom. The van der Waals surface area contributed by atoms with E-state index < -0.39 is 0 Å². The Bertz CT molecular complexity index is 1310. The van der Waals surface area contributed by atoms with E-state index in [0.29, 0.717) is 52.2 Å². The maximum Gasteiger partial charge on any atom is 0.251 e. The van der Waals surface area contributed by atoms with Gasteiger partial charge in [0.05, 0.1) is 0 Å². The quantitative estimate of drug-likeness (QED) is 0.222. The van der Waals surface area contributed by atoms with E-state index >= 15 is 0 Å². The minimum atomic E-state index is -0.155. The van der Waals surface area contributed by atoms with Crippen LogP contribution in [-0.4, -0.2) is 38.0 Å². The van der Waals surface area contributed by atoms with E-state index in [9.17, 15) is 4.79 Å². The highest BCUT2D eigenvalue weighted by atomic mass is 35.5. The molecular formula is C27H29Cl2N7O. The van der Waals surface area contributed by atoms with Gasteiger partial charge in [-0.2, -0.15) is 9.97 Å². The van der Waals surface area contributed by atoms with Crippen molar-refractivity contribution in [3.63, 3.8) is 0 Å². The summed E-state index contributed by atoms with van der Waals surface area (Å²) in [5.74, 6) is 2.01. The Balaban J connectivity index is 1.51. The minimum Gasteiger partial charge on any atom is -0.365 e. The molecule has 0 bridgehead atoms. The van der Waals surface area contributed by atoms with Gasteiger partial charge in [0.1, 0.15) is 18.0 Å². The number of halogens is 2. The van der Waals surface area contributed by atoms with Gasteiger partial charge in [-0.05, 0) is 54.3 Å². The lowest BCUT2D eigenvalue weighted by molar-refractivity contribution is 0.0951. The Kier molecular flexibility index (Phi) is 8.98. The lowest BCUT2D eigenvalue weighted by Gasteiger charge is -2.22. The second-order valence-corrected chi connectivity index (χ2v) is 9.95.